The van der Waals surface area contributed by atoms with Crippen molar-refractivity contribution in [3.05, 3.63) is 210 Å². The monoisotopic (exact) mass is 712 g/mol. The van der Waals surface area contributed by atoms with Gasteiger partial charge in [-0.3, -0.25) is 0 Å². The molecule has 0 bridgehead atoms. The number of hydrogen-bond acceptors (Lipinski definition) is 2. The molecule has 0 saturated carbocycles. The summed E-state index contributed by atoms with van der Waals surface area (Å²) in [5.74, 6) is 0. The van der Waals surface area contributed by atoms with Crippen LogP contribution in [-0.4, -0.2) is 7.05 Å². The van der Waals surface area contributed by atoms with Crippen LogP contribution in [0.15, 0.2) is 182 Å². The fraction of sp³-hybridized carbons (Fsp3) is 0.0943. The second kappa shape index (κ2) is 17.9. The summed E-state index contributed by atoms with van der Waals surface area (Å²) in [7, 11) is 2.10. The molecule has 2 nitrogen and oxygen atoms in total. The van der Waals surface area contributed by atoms with Gasteiger partial charge in [0.15, 0.2) is 0 Å². The highest BCUT2D eigenvalue weighted by atomic mass is 15.1. The van der Waals surface area contributed by atoms with E-state index in [0.29, 0.717) is 0 Å². The lowest BCUT2D eigenvalue weighted by atomic mass is 9.86. The van der Waals surface area contributed by atoms with Gasteiger partial charge < -0.3 is 10.2 Å². The quantitative estimate of drug-likeness (QED) is 0.195. The number of para-hydroxylation sites is 2. The number of fused-ring (bicyclic) bond motifs is 6. The summed E-state index contributed by atoms with van der Waals surface area (Å²) in [5, 5.41) is 3.52. The number of allylic oxidation sites excluding steroid dienone is 1. The molecule has 7 aromatic carbocycles. The predicted molar refractivity (Wildman–Crippen MR) is 240 cm³/mol. The summed E-state index contributed by atoms with van der Waals surface area (Å²) < 4.78 is 0. The molecule has 0 spiro atoms. The Morgan fingerprint density at radius 2 is 0.982 bits per heavy atom. The molecule has 1 N–H and O–H groups in total. The van der Waals surface area contributed by atoms with Crippen LogP contribution in [0, 0.1) is 0 Å². The van der Waals surface area contributed by atoms with Gasteiger partial charge in [0.05, 0.1) is 0 Å². The van der Waals surface area contributed by atoms with Crippen LogP contribution < -0.4 is 10.2 Å². The van der Waals surface area contributed by atoms with Crippen molar-refractivity contribution in [1.82, 2.24) is 0 Å². The average Bonchev–Trinajstić information content (AvgIpc) is 3.30. The number of benzene rings is 7. The van der Waals surface area contributed by atoms with Gasteiger partial charge >= 0.3 is 0 Å². The van der Waals surface area contributed by atoms with Crippen LogP contribution in [0.1, 0.15) is 48.1 Å². The van der Waals surface area contributed by atoms with Gasteiger partial charge in [-0.25, -0.2) is 0 Å². The van der Waals surface area contributed by atoms with Crippen LogP contribution in [0.2, 0.25) is 0 Å². The van der Waals surface area contributed by atoms with Crippen molar-refractivity contribution in [2.24, 2.45) is 0 Å². The number of anilines is 3. The van der Waals surface area contributed by atoms with Crippen LogP contribution in [0.25, 0.3) is 57.7 Å². The van der Waals surface area contributed by atoms with E-state index >= 15 is 0 Å². The molecule has 1 aliphatic heterocycles. The van der Waals surface area contributed by atoms with E-state index in [-0.39, 0.29) is 0 Å². The normalized spacial score (nSPS) is 13.2. The highest BCUT2D eigenvalue weighted by molar-refractivity contribution is 5.93. The maximum Gasteiger partial charge on any atom is 0.0459 e. The van der Waals surface area contributed by atoms with Crippen molar-refractivity contribution in [1.29, 1.82) is 0 Å². The molecule has 0 unspecified atom stereocenters. The molecule has 0 radical (unpaired) electrons. The third-order valence-corrected chi connectivity index (χ3v) is 10.1. The molecule has 1 heterocycles. The van der Waals surface area contributed by atoms with Crippen LogP contribution in [0.5, 0.6) is 0 Å². The van der Waals surface area contributed by atoms with E-state index in [2.05, 4.69) is 205 Å². The van der Waals surface area contributed by atoms with E-state index < -0.39 is 0 Å². The Labute approximate surface area is 327 Å². The molecule has 55 heavy (non-hydrogen) atoms. The van der Waals surface area contributed by atoms with Crippen LogP contribution in [-0.2, 0) is 6.42 Å². The Kier molecular flexibility index (Phi) is 12.0. The Morgan fingerprint density at radius 3 is 1.67 bits per heavy atom. The molecule has 7 aromatic rings. The van der Waals surface area contributed by atoms with E-state index in [1.165, 1.54) is 72.6 Å². The molecule has 270 valence electrons. The van der Waals surface area contributed by atoms with Crippen LogP contribution in [0.4, 0.5) is 17.1 Å². The summed E-state index contributed by atoms with van der Waals surface area (Å²) in [4.78, 5) is 2.20. The van der Waals surface area contributed by atoms with E-state index in [0.717, 1.165) is 18.5 Å². The van der Waals surface area contributed by atoms with Crippen molar-refractivity contribution >= 4 is 41.4 Å². The van der Waals surface area contributed by atoms with Gasteiger partial charge in [0.1, 0.15) is 0 Å². The molecule has 2 heteroatoms. The van der Waals surface area contributed by atoms with Gasteiger partial charge in [-0.05, 0) is 105 Å². The molecule has 0 saturated heterocycles. The number of aryl methyl sites for hydroxylation is 1. The molecule has 0 fully saturated rings. The van der Waals surface area contributed by atoms with E-state index in [1.54, 1.807) is 0 Å². The second-order valence-corrected chi connectivity index (χ2v) is 13.4. The number of rotatable bonds is 4. The van der Waals surface area contributed by atoms with E-state index in [9.17, 15) is 0 Å². The molecule has 9 rings (SSSR count). The molecule has 1 aliphatic carbocycles. The third-order valence-electron chi connectivity index (χ3n) is 10.1. The van der Waals surface area contributed by atoms with Gasteiger partial charge in [-0.15, -0.1) is 0 Å². The van der Waals surface area contributed by atoms with Crippen molar-refractivity contribution in [2.45, 2.75) is 26.7 Å². The Morgan fingerprint density at radius 1 is 0.455 bits per heavy atom. The fourth-order valence-corrected chi connectivity index (χ4v) is 7.17. The fourth-order valence-electron chi connectivity index (χ4n) is 7.17. The Bertz CT molecular complexity index is 2400. The molecule has 0 aromatic heterocycles. The lowest BCUT2D eigenvalue weighted by molar-refractivity contribution is 0.986. The van der Waals surface area contributed by atoms with Crippen LogP contribution in [0.3, 0.4) is 0 Å². The van der Waals surface area contributed by atoms with Crippen LogP contribution >= 0.6 is 0 Å². The van der Waals surface area contributed by atoms with Gasteiger partial charge in [-0.1, -0.05) is 178 Å². The minimum atomic E-state index is 1.11. The zero-order valence-electron chi connectivity index (χ0n) is 32.0. The van der Waals surface area contributed by atoms with Gasteiger partial charge in [0, 0.05) is 35.9 Å². The summed E-state index contributed by atoms with van der Waals surface area (Å²) in [6, 6.07) is 60.0. The van der Waals surface area contributed by atoms with Gasteiger partial charge in [-0.2, -0.15) is 0 Å². The predicted octanol–water partition coefficient (Wildman–Crippen LogP) is 14.7. The molecule has 0 atom stereocenters. The average molecular weight is 713 g/mol. The van der Waals surface area contributed by atoms with Crippen molar-refractivity contribution in [3.8, 4) is 33.4 Å². The second-order valence-electron chi connectivity index (χ2n) is 13.4. The van der Waals surface area contributed by atoms with E-state index in [1.807, 2.05) is 32.2 Å². The minimum absolute atomic E-state index is 1.11. The standard InChI is InChI=1S/C26H21N.C25H21N.C2H6/c1-2-8-20-17-18-27-25-12-6-5-11-24(25)26-22(15-13-19(20)7-1)16-14-21-9-3-4-10-23(21)26;1-26(24-10-6-3-7-11-24)25-18-16-23(17-19-25)22-14-12-21(13-15-22)20-8-4-2-5-9-20;1-2/h1-2,4-8,10-18,27H,3,9H2;2-19H,1H3;1-2H3/b15-13-,18-17+;;. The summed E-state index contributed by atoms with van der Waals surface area (Å²) in [6.45, 7) is 4.00. The highest BCUT2D eigenvalue weighted by Crippen LogP contribution is 2.39. The first-order valence-corrected chi connectivity index (χ1v) is 19.4. The largest absolute Gasteiger partial charge is 0.361 e. The lowest BCUT2D eigenvalue weighted by Crippen LogP contribution is -2.08. The summed E-state index contributed by atoms with van der Waals surface area (Å²) >= 11 is 0. The van der Waals surface area contributed by atoms with Crippen molar-refractivity contribution < 1.29 is 0 Å². The minimum Gasteiger partial charge on any atom is -0.361 e. The maximum atomic E-state index is 3.52. The number of hydrogen-bond donors (Lipinski definition) is 1. The highest BCUT2D eigenvalue weighted by Gasteiger charge is 2.17. The van der Waals surface area contributed by atoms with Crippen molar-refractivity contribution in [3.63, 3.8) is 0 Å². The summed E-state index contributed by atoms with van der Waals surface area (Å²) in [6.07, 6.45) is 15.5. The molecule has 2 aliphatic rings. The molecular formula is C53H48N2. The topological polar surface area (TPSA) is 15.3 Å². The molecular weight excluding hydrogens is 665 g/mol. The lowest BCUT2D eigenvalue weighted by Gasteiger charge is -2.20. The van der Waals surface area contributed by atoms with Gasteiger partial charge in [0.25, 0.3) is 0 Å². The maximum absolute atomic E-state index is 3.52. The SMILES string of the molecule is C1=Cc2c(ccc3c2-c2ccccc2N/C=C/c2ccccc2/C=C\3)CC1.CC.CN(c1ccccc1)c1ccc(-c2ccc(-c3ccccc3)cc2)cc1. The zero-order chi connectivity index (χ0) is 37.8. The number of nitrogens with zero attached hydrogens (tertiary/aromatic N) is 1. The van der Waals surface area contributed by atoms with E-state index in [4.69, 9.17) is 0 Å². The Balaban J connectivity index is 0.000000162. The summed E-state index contributed by atoms with van der Waals surface area (Å²) in [5.41, 5.74) is 17.5. The first kappa shape index (κ1) is 36.7. The van der Waals surface area contributed by atoms with Crippen molar-refractivity contribution in [2.75, 3.05) is 17.3 Å². The smallest absolute Gasteiger partial charge is 0.0459 e. The number of nitrogens with one attached hydrogen (secondary N) is 1. The first-order valence-electron chi connectivity index (χ1n) is 19.4. The first-order chi connectivity index (χ1) is 27.2. The molecule has 0 amide bonds. The Hall–Kier alpha value is -6.64. The van der Waals surface area contributed by atoms with Gasteiger partial charge in [0.2, 0.25) is 0 Å². The third kappa shape index (κ3) is 8.61. The zero-order valence-corrected chi connectivity index (χ0v) is 32.0.